The summed E-state index contributed by atoms with van der Waals surface area (Å²) in [7, 11) is 1.19. The molecule has 0 saturated heterocycles. The summed E-state index contributed by atoms with van der Waals surface area (Å²) in [5.41, 5.74) is 0. The zero-order valence-electron chi connectivity index (χ0n) is 36.7. The van der Waals surface area contributed by atoms with Crippen molar-refractivity contribution in [3.63, 3.8) is 0 Å². The molecule has 0 saturated carbocycles. The summed E-state index contributed by atoms with van der Waals surface area (Å²) in [6, 6.07) is 0. The smallest absolute Gasteiger partial charge is 0.306 e. The third-order valence-electron chi connectivity index (χ3n) is 9.23. The Hall–Kier alpha value is -1.88. The number of hydrogen-bond acceptors (Lipinski definition) is 9. The number of quaternary nitrogens is 1. The lowest BCUT2D eigenvalue weighted by atomic mass is 10.1. The zero-order chi connectivity index (χ0) is 42.3. The number of esters is 1. The van der Waals surface area contributed by atoms with Crippen LogP contribution in [0.25, 0.3) is 0 Å². The number of phosphoric acid groups is 1. The van der Waals surface area contributed by atoms with E-state index in [1.54, 1.807) is 36.5 Å². The molecule has 11 heteroatoms. The summed E-state index contributed by atoms with van der Waals surface area (Å²) in [6.07, 6.45) is 40.1. The number of carbonyl (C=O) groups excluding carboxylic acids is 1. The van der Waals surface area contributed by atoms with Gasteiger partial charge in [-0.25, -0.2) is 0 Å². The summed E-state index contributed by atoms with van der Waals surface area (Å²) < 4.78 is 34.4. The van der Waals surface area contributed by atoms with Crippen LogP contribution in [-0.4, -0.2) is 93.1 Å². The van der Waals surface area contributed by atoms with Crippen molar-refractivity contribution in [3.05, 3.63) is 60.8 Å². The van der Waals surface area contributed by atoms with Crippen LogP contribution in [0.2, 0.25) is 0 Å². The fraction of sp³-hybridized carbons (Fsp3) is 0.761. The van der Waals surface area contributed by atoms with E-state index in [-0.39, 0.29) is 19.6 Å². The Labute approximate surface area is 348 Å². The van der Waals surface area contributed by atoms with Crippen molar-refractivity contribution < 1.29 is 47.5 Å². The van der Waals surface area contributed by atoms with Crippen molar-refractivity contribution in [1.82, 2.24) is 0 Å². The Kier molecular flexibility index (Phi) is 37.1. The number of hydrogen-bond donors (Lipinski definition) is 2. The van der Waals surface area contributed by atoms with Gasteiger partial charge in [0.05, 0.1) is 46.6 Å². The topological polar surface area (TPSA) is 135 Å². The average molecular weight is 826 g/mol. The van der Waals surface area contributed by atoms with Crippen LogP contribution < -0.4 is 4.89 Å². The quantitative estimate of drug-likeness (QED) is 0.0155. The van der Waals surface area contributed by atoms with E-state index in [1.807, 2.05) is 27.2 Å². The molecule has 10 nitrogen and oxygen atoms in total. The standard InChI is InChI=1S/C46H84NO9P/c1-6-8-10-12-14-15-16-17-18-19-20-21-22-23-27-31-39-53-41-45(42-55-57(51,52)54-40-38-47(3,4)5)56-46(50)37-32-36-44(49)35-30-26-25-29-34-43(48)33-28-24-13-11-9-7-2/h17-18,24-26,28-30,34-35,43-45,48-49H,6-16,19-23,27,31-33,36-42H2,1-5H3/b18-17-,26-25+,28-24+,34-29+,35-30+. The monoisotopic (exact) mass is 826 g/mol. The van der Waals surface area contributed by atoms with E-state index < -0.39 is 38.7 Å². The Balaban J connectivity index is 4.53. The average Bonchev–Trinajstić information content (AvgIpc) is 3.15. The molecular weight excluding hydrogens is 741 g/mol. The molecule has 0 aliphatic heterocycles. The maximum atomic E-state index is 12.7. The van der Waals surface area contributed by atoms with Crippen LogP contribution in [0, 0.1) is 0 Å². The minimum Gasteiger partial charge on any atom is -0.756 e. The highest BCUT2D eigenvalue weighted by Gasteiger charge is 2.20. The van der Waals surface area contributed by atoms with E-state index in [9.17, 15) is 24.5 Å². The van der Waals surface area contributed by atoms with Crippen LogP contribution in [-0.2, 0) is 27.9 Å². The molecule has 0 aliphatic rings. The molecule has 0 aromatic heterocycles. The number of aliphatic hydroxyl groups is 2. The molecule has 332 valence electrons. The van der Waals surface area contributed by atoms with Crippen molar-refractivity contribution in [3.8, 4) is 0 Å². The van der Waals surface area contributed by atoms with Crippen LogP contribution in [0.5, 0.6) is 0 Å². The highest BCUT2D eigenvalue weighted by molar-refractivity contribution is 7.45. The maximum absolute atomic E-state index is 12.7. The molecular formula is C46H84NO9P. The van der Waals surface area contributed by atoms with E-state index in [2.05, 4.69) is 32.1 Å². The molecule has 0 aromatic carbocycles. The van der Waals surface area contributed by atoms with E-state index in [1.165, 1.54) is 83.5 Å². The third kappa shape index (κ3) is 42.1. The lowest BCUT2D eigenvalue weighted by Crippen LogP contribution is -2.37. The fourth-order valence-corrected chi connectivity index (χ4v) is 6.40. The summed E-state index contributed by atoms with van der Waals surface area (Å²) in [4.78, 5) is 25.1. The number of carbonyl (C=O) groups is 1. The third-order valence-corrected chi connectivity index (χ3v) is 10.2. The predicted molar refractivity (Wildman–Crippen MR) is 234 cm³/mol. The SMILES string of the molecule is CCCCC/C=C/CC(O)/C=C/C=C/C=C/C(O)CCCC(=O)OC(COCCCCCCCC/C=C\CCCCCCCC)COP(=O)([O-])OCC[N+](C)(C)C. The molecule has 0 bridgehead atoms. The zero-order valence-corrected chi connectivity index (χ0v) is 37.6. The summed E-state index contributed by atoms with van der Waals surface area (Å²) >= 11 is 0. The second kappa shape index (κ2) is 38.3. The predicted octanol–water partition coefficient (Wildman–Crippen LogP) is 10.2. The Morgan fingerprint density at radius 1 is 0.649 bits per heavy atom. The first-order valence-corrected chi connectivity index (χ1v) is 23.7. The summed E-state index contributed by atoms with van der Waals surface area (Å²) in [6.45, 7) is 4.97. The number of nitrogens with zero attached hydrogens (tertiary/aromatic N) is 1. The van der Waals surface area contributed by atoms with Crippen LogP contribution in [0.15, 0.2) is 60.8 Å². The molecule has 0 amide bonds. The minimum absolute atomic E-state index is 0.00855. The highest BCUT2D eigenvalue weighted by Crippen LogP contribution is 2.38. The van der Waals surface area contributed by atoms with Crippen molar-refractivity contribution in [2.24, 2.45) is 0 Å². The highest BCUT2D eigenvalue weighted by atomic mass is 31.2. The van der Waals surface area contributed by atoms with E-state index in [4.69, 9.17) is 18.5 Å². The lowest BCUT2D eigenvalue weighted by molar-refractivity contribution is -0.870. The van der Waals surface area contributed by atoms with Gasteiger partial charge in [0, 0.05) is 13.0 Å². The number of ether oxygens (including phenoxy) is 2. The molecule has 0 aliphatic carbocycles. The van der Waals surface area contributed by atoms with Gasteiger partial charge in [-0.05, 0) is 64.2 Å². The first-order valence-electron chi connectivity index (χ1n) is 22.2. The molecule has 0 heterocycles. The van der Waals surface area contributed by atoms with Gasteiger partial charge in [0.25, 0.3) is 7.82 Å². The van der Waals surface area contributed by atoms with E-state index in [0.717, 1.165) is 32.1 Å². The van der Waals surface area contributed by atoms with E-state index >= 15 is 0 Å². The summed E-state index contributed by atoms with van der Waals surface area (Å²) in [5, 5.41) is 20.4. The Morgan fingerprint density at radius 2 is 1.18 bits per heavy atom. The van der Waals surface area contributed by atoms with Gasteiger partial charge in [-0.1, -0.05) is 145 Å². The molecule has 0 rings (SSSR count). The van der Waals surface area contributed by atoms with Gasteiger partial charge in [0.15, 0.2) is 0 Å². The number of phosphoric ester groups is 1. The van der Waals surface area contributed by atoms with Crippen molar-refractivity contribution in [2.75, 3.05) is 54.1 Å². The van der Waals surface area contributed by atoms with Gasteiger partial charge >= 0.3 is 5.97 Å². The largest absolute Gasteiger partial charge is 0.756 e. The molecule has 57 heavy (non-hydrogen) atoms. The molecule has 0 radical (unpaired) electrons. The first-order chi connectivity index (χ1) is 27.4. The summed E-state index contributed by atoms with van der Waals surface area (Å²) in [5.74, 6) is -0.522. The van der Waals surface area contributed by atoms with Gasteiger partial charge in [-0.2, -0.15) is 0 Å². The van der Waals surface area contributed by atoms with Gasteiger partial charge in [0.1, 0.15) is 19.3 Å². The molecule has 4 atom stereocenters. The lowest BCUT2D eigenvalue weighted by Gasteiger charge is -2.28. The molecule has 0 fully saturated rings. The fourth-order valence-electron chi connectivity index (χ4n) is 5.67. The first kappa shape index (κ1) is 55.1. The van der Waals surface area contributed by atoms with Gasteiger partial charge in [-0.3, -0.25) is 9.36 Å². The Bertz CT molecular complexity index is 1130. The number of unbranched alkanes of at least 4 members (excludes halogenated alkanes) is 15. The number of allylic oxidation sites excluding steroid dienone is 7. The second-order valence-electron chi connectivity index (χ2n) is 16.1. The van der Waals surface area contributed by atoms with Crippen LogP contribution in [0.3, 0.4) is 0 Å². The van der Waals surface area contributed by atoms with Crippen molar-refractivity contribution in [1.29, 1.82) is 0 Å². The maximum Gasteiger partial charge on any atom is 0.306 e. The number of rotatable bonds is 40. The second-order valence-corrected chi connectivity index (χ2v) is 17.5. The molecule has 0 spiro atoms. The molecule has 4 unspecified atom stereocenters. The van der Waals surface area contributed by atoms with Crippen LogP contribution in [0.1, 0.15) is 155 Å². The van der Waals surface area contributed by atoms with Gasteiger partial charge in [-0.15, -0.1) is 0 Å². The molecule has 0 aromatic rings. The normalized spacial score (nSPS) is 15.4. The Morgan fingerprint density at radius 3 is 1.79 bits per heavy atom. The van der Waals surface area contributed by atoms with Gasteiger partial charge in [0.2, 0.25) is 0 Å². The molecule has 2 N–H and O–H groups in total. The minimum atomic E-state index is -4.60. The number of aliphatic hydroxyl groups excluding tert-OH is 2. The van der Waals surface area contributed by atoms with Gasteiger partial charge < -0.3 is 38.1 Å². The van der Waals surface area contributed by atoms with Crippen LogP contribution in [0.4, 0.5) is 0 Å². The van der Waals surface area contributed by atoms with Crippen molar-refractivity contribution in [2.45, 2.75) is 173 Å². The van der Waals surface area contributed by atoms with Crippen molar-refractivity contribution >= 4 is 13.8 Å². The van der Waals surface area contributed by atoms with Crippen LogP contribution >= 0.6 is 7.82 Å². The number of likely N-dealkylation sites (N-methyl/N-ethyl adjacent to an activating group) is 1. The van der Waals surface area contributed by atoms with E-state index in [0.29, 0.717) is 36.9 Å².